The van der Waals surface area contributed by atoms with Crippen molar-refractivity contribution in [2.75, 3.05) is 6.54 Å². The molecule has 5 heteroatoms. The van der Waals surface area contributed by atoms with Gasteiger partial charge in [-0.1, -0.05) is 6.07 Å². The summed E-state index contributed by atoms with van der Waals surface area (Å²) in [7, 11) is 0. The van der Waals surface area contributed by atoms with Gasteiger partial charge in [0, 0.05) is 6.54 Å². The number of hydrogen-bond acceptors (Lipinski definition) is 1. The van der Waals surface area contributed by atoms with Crippen molar-refractivity contribution in [3.63, 3.8) is 0 Å². The highest BCUT2D eigenvalue weighted by Gasteiger charge is 2.19. The van der Waals surface area contributed by atoms with Crippen LogP contribution in [0.2, 0.25) is 0 Å². The number of halogens is 2. The van der Waals surface area contributed by atoms with Crippen LogP contribution in [-0.2, 0) is 0 Å². The largest absolute Gasteiger partial charge is 0.338 e. The number of amides is 2. The summed E-state index contributed by atoms with van der Waals surface area (Å²) in [4.78, 5) is 11.0. The molecule has 0 aliphatic carbocycles. The minimum absolute atomic E-state index is 0.242. The minimum Gasteiger partial charge on any atom is -0.338 e. The van der Waals surface area contributed by atoms with Crippen LogP contribution in [0, 0.1) is 11.6 Å². The summed E-state index contributed by atoms with van der Waals surface area (Å²) in [5.41, 5.74) is 0.587. The Bertz CT molecular complexity index is 395. The summed E-state index contributed by atoms with van der Waals surface area (Å²) in [6, 6.07) is 3.14. The van der Waals surface area contributed by atoms with E-state index in [9.17, 15) is 13.6 Å². The van der Waals surface area contributed by atoms with Crippen LogP contribution in [0.3, 0.4) is 0 Å². The predicted octanol–water partition coefficient (Wildman–Crippen LogP) is 1.71. The Hall–Kier alpha value is -1.65. The number of benzene rings is 1. The molecule has 2 rings (SSSR count). The molecule has 1 atom stereocenters. The fraction of sp³-hybridized carbons (Fsp3) is 0.300. The van der Waals surface area contributed by atoms with Crippen molar-refractivity contribution in [2.45, 2.75) is 12.5 Å². The first kappa shape index (κ1) is 9.89. The van der Waals surface area contributed by atoms with Crippen LogP contribution in [0.5, 0.6) is 0 Å². The standard InChI is InChI=1S/C10H10F2N2O/c11-7-2-1-6(5-8(7)12)9-3-4-13-10(15)14-9/h1-2,5,9H,3-4H2,(H2,13,14,15). The maximum Gasteiger partial charge on any atom is 0.315 e. The first-order chi connectivity index (χ1) is 7.16. The molecule has 15 heavy (non-hydrogen) atoms. The van der Waals surface area contributed by atoms with Gasteiger partial charge in [0.1, 0.15) is 0 Å². The van der Waals surface area contributed by atoms with Gasteiger partial charge in [0.25, 0.3) is 0 Å². The van der Waals surface area contributed by atoms with Crippen molar-refractivity contribution in [2.24, 2.45) is 0 Å². The van der Waals surface area contributed by atoms with Crippen molar-refractivity contribution in [3.05, 3.63) is 35.4 Å². The number of rotatable bonds is 1. The van der Waals surface area contributed by atoms with Gasteiger partial charge in [0.05, 0.1) is 6.04 Å². The molecule has 1 saturated heterocycles. The van der Waals surface area contributed by atoms with Crippen LogP contribution in [0.25, 0.3) is 0 Å². The van der Waals surface area contributed by atoms with Crippen molar-refractivity contribution < 1.29 is 13.6 Å². The Morgan fingerprint density at radius 1 is 1.27 bits per heavy atom. The monoisotopic (exact) mass is 212 g/mol. The third kappa shape index (κ3) is 2.06. The van der Waals surface area contributed by atoms with E-state index in [4.69, 9.17) is 0 Å². The van der Waals surface area contributed by atoms with Gasteiger partial charge in [0.2, 0.25) is 0 Å². The molecule has 2 N–H and O–H groups in total. The minimum atomic E-state index is -0.889. The summed E-state index contributed by atoms with van der Waals surface area (Å²) in [5.74, 6) is -1.76. The second-order valence-corrected chi connectivity index (χ2v) is 3.42. The van der Waals surface area contributed by atoms with Crippen LogP contribution in [-0.4, -0.2) is 12.6 Å². The maximum absolute atomic E-state index is 12.9. The maximum atomic E-state index is 12.9. The van der Waals surface area contributed by atoms with E-state index in [0.717, 1.165) is 12.1 Å². The van der Waals surface area contributed by atoms with Gasteiger partial charge in [-0.2, -0.15) is 0 Å². The number of urea groups is 1. The average Bonchev–Trinajstić information content (AvgIpc) is 2.22. The van der Waals surface area contributed by atoms with E-state index in [-0.39, 0.29) is 12.1 Å². The molecule has 0 radical (unpaired) electrons. The van der Waals surface area contributed by atoms with Crippen LogP contribution in [0.1, 0.15) is 18.0 Å². The normalized spacial score (nSPS) is 20.7. The zero-order valence-corrected chi connectivity index (χ0v) is 7.89. The van der Waals surface area contributed by atoms with Gasteiger partial charge in [-0.3, -0.25) is 0 Å². The third-order valence-corrected chi connectivity index (χ3v) is 2.37. The third-order valence-electron chi connectivity index (χ3n) is 2.37. The van der Waals surface area contributed by atoms with Crippen LogP contribution in [0.4, 0.5) is 13.6 Å². The Kier molecular flexibility index (Phi) is 2.53. The number of nitrogens with one attached hydrogen (secondary N) is 2. The number of hydrogen-bond donors (Lipinski definition) is 2. The molecular formula is C10H10F2N2O. The summed E-state index contributed by atoms with van der Waals surface area (Å²) < 4.78 is 25.6. The Morgan fingerprint density at radius 2 is 2.07 bits per heavy atom. The molecule has 1 unspecified atom stereocenters. The first-order valence-electron chi connectivity index (χ1n) is 4.66. The van der Waals surface area contributed by atoms with E-state index >= 15 is 0 Å². The molecule has 0 spiro atoms. The average molecular weight is 212 g/mol. The number of carbonyl (C=O) groups is 1. The summed E-state index contributed by atoms with van der Waals surface area (Å²) in [6.45, 7) is 0.537. The molecule has 1 aliphatic rings. The lowest BCUT2D eigenvalue weighted by Crippen LogP contribution is -2.44. The molecule has 1 aromatic rings. The lowest BCUT2D eigenvalue weighted by Gasteiger charge is -2.24. The molecular weight excluding hydrogens is 202 g/mol. The van der Waals surface area contributed by atoms with E-state index < -0.39 is 11.6 Å². The highest BCUT2D eigenvalue weighted by atomic mass is 19.2. The van der Waals surface area contributed by atoms with Crippen LogP contribution >= 0.6 is 0 Å². The Labute approximate surface area is 85.5 Å². The Balaban J connectivity index is 2.21. The smallest absolute Gasteiger partial charge is 0.315 e. The highest BCUT2D eigenvalue weighted by molar-refractivity contribution is 5.75. The van der Waals surface area contributed by atoms with Crippen molar-refractivity contribution in [3.8, 4) is 0 Å². The fourth-order valence-electron chi connectivity index (χ4n) is 1.59. The molecule has 0 bridgehead atoms. The molecule has 3 nitrogen and oxygen atoms in total. The SMILES string of the molecule is O=C1NCCC(c2ccc(F)c(F)c2)N1. The van der Waals surface area contributed by atoms with Gasteiger partial charge in [-0.05, 0) is 24.1 Å². The van der Waals surface area contributed by atoms with Crippen LogP contribution < -0.4 is 10.6 Å². The van der Waals surface area contributed by atoms with Gasteiger partial charge in [-0.25, -0.2) is 13.6 Å². The van der Waals surface area contributed by atoms with E-state index in [1.54, 1.807) is 0 Å². The van der Waals surface area contributed by atoms with E-state index in [0.29, 0.717) is 18.5 Å². The topological polar surface area (TPSA) is 41.1 Å². The fourth-order valence-corrected chi connectivity index (χ4v) is 1.59. The molecule has 1 aliphatic heterocycles. The molecule has 1 heterocycles. The predicted molar refractivity (Wildman–Crippen MR) is 50.3 cm³/mol. The van der Waals surface area contributed by atoms with Gasteiger partial charge in [0.15, 0.2) is 11.6 Å². The van der Waals surface area contributed by atoms with Crippen molar-refractivity contribution in [1.29, 1.82) is 0 Å². The summed E-state index contributed by atoms with van der Waals surface area (Å²) >= 11 is 0. The van der Waals surface area contributed by atoms with Gasteiger partial charge in [-0.15, -0.1) is 0 Å². The van der Waals surface area contributed by atoms with E-state index in [1.165, 1.54) is 6.07 Å². The zero-order valence-electron chi connectivity index (χ0n) is 7.89. The Morgan fingerprint density at radius 3 is 2.73 bits per heavy atom. The van der Waals surface area contributed by atoms with E-state index in [2.05, 4.69) is 10.6 Å². The lowest BCUT2D eigenvalue weighted by atomic mass is 10.0. The van der Waals surface area contributed by atoms with E-state index in [1.807, 2.05) is 0 Å². The molecule has 1 fully saturated rings. The molecule has 0 saturated carbocycles. The summed E-state index contributed by atoms with van der Waals surface area (Å²) in [5, 5.41) is 5.23. The molecule has 0 aromatic heterocycles. The lowest BCUT2D eigenvalue weighted by molar-refractivity contribution is 0.229. The van der Waals surface area contributed by atoms with Gasteiger partial charge >= 0.3 is 6.03 Å². The first-order valence-corrected chi connectivity index (χ1v) is 4.66. The van der Waals surface area contributed by atoms with Crippen LogP contribution in [0.15, 0.2) is 18.2 Å². The van der Waals surface area contributed by atoms with Crippen molar-refractivity contribution >= 4 is 6.03 Å². The molecule has 2 amide bonds. The molecule has 1 aromatic carbocycles. The molecule has 80 valence electrons. The number of carbonyl (C=O) groups excluding carboxylic acids is 1. The highest BCUT2D eigenvalue weighted by Crippen LogP contribution is 2.20. The zero-order chi connectivity index (χ0) is 10.8. The second kappa shape index (κ2) is 3.84. The quantitative estimate of drug-likeness (QED) is 0.731. The summed E-state index contributed by atoms with van der Waals surface area (Å²) in [6.07, 6.45) is 0.664. The van der Waals surface area contributed by atoms with Crippen molar-refractivity contribution in [1.82, 2.24) is 10.6 Å². The van der Waals surface area contributed by atoms with Gasteiger partial charge < -0.3 is 10.6 Å². The second-order valence-electron chi connectivity index (χ2n) is 3.42.